The molecule has 1 amide bonds. The van der Waals surface area contributed by atoms with Crippen LogP contribution in [0.5, 0.6) is 0 Å². The standard InChI is InChI=1S/C11H22NO3S/c1-2-3-4-5-6-7-8-9-10-16(14,15)12-11-13/h2-10H2,1H3,(H,12,13). The lowest BCUT2D eigenvalue weighted by Crippen LogP contribution is -2.24. The largest absolute Gasteiger partial charge is 0.323 e. The lowest BCUT2D eigenvalue weighted by molar-refractivity contribution is 0.545. The van der Waals surface area contributed by atoms with Crippen LogP contribution < -0.4 is 4.72 Å². The Balaban J connectivity index is 3.30. The molecule has 0 rings (SSSR count). The van der Waals surface area contributed by atoms with Crippen LogP contribution in [-0.4, -0.2) is 20.6 Å². The van der Waals surface area contributed by atoms with Crippen molar-refractivity contribution in [2.24, 2.45) is 0 Å². The minimum atomic E-state index is -3.41. The van der Waals surface area contributed by atoms with Crippen molar-refractivity contribution >= 4 is 16.4 Å². The van der Waals surface area contributed by atoms with E-state index in [-0.39, 0.29) is 5.75 Å². The maximum Gasteiger partial charge on any atom is 0.323 e. The summed E-state index contributed by atoms with van der Waals surface area (Å²) in [4.78, 5) is 9.84. The van der Waals surface area contributed by atoms with E-state index in [9.17, 15) is 13.2 Å². The van der Waals surface area contributed by atoms with Gasteiger partial charge in [-0.15, -0.1) is 0 Å². The summed E-state index contributed by atoms with van der Waals surface area (Å²) in [5.74, 6) is 0.0250. The van der Waals surface area contributed by atoms with Crippen LogP contribution in [0.15, 0.2) is 0 Å². The van der Waals surface area contributed by atoms with E-state index in [4.69, 9.17) is 0 Å². The highest BCUT2D eigenvalue weighted by molar-refractivity contribution is 7.89. The second kappa shape index (κ2) is 9.63. The number of sulfonamides is 1. The van der Waals surface area contributed by atoms with Crippen molar-refractivity contribution in [1.82, 2.24) is 4.72 Å². The minimum absolute atomic E-state index is 0.0250. The van der Waals surface area contributed by atoms with Crippen LogP contribution in [0.4, 0.5) is 0 Å². The van der Waals surface area contributed by atoms with Crippen LogP contribution in [0.2, 0.25) is 0 Å². The van der Waals surface area contributed by atoms with Crippen molar-refractivity contribution in [2.45, 2.75) is 58.3 Å². The Kier molecular flexibility index (Phi) is 9.28. The number of hydrogen-bond acceptors (Lipinski definition) is 3. The molecule has 0 fully saturated rings. The maximum atomic E-state index is 11.0. The van der Waals surface area contributed by atoms with Crippen molar-refractivity contribution in [2.75, 3.05) is 5.75 Å². The molecule has 0 aliphatic rings. The van der Waals surface area contributed by atoms with E-state index < -0.39 is 10.0 Å². The van der Waals surface area contributed by atoms with Gasteiger partial charge in [0.25, 0.3) is 0 Å². The molecule has 95 valence electrons. The number of unbranched alkanes of at least 4 members (excludes halogenated alkanes) is 7. The third-order valence-electron chi connectivity index (χ3n) is 2.46. The van der Waals surface area contributed by atoms with Crippen LogP contribution in [0.25, 0.3) is 0 Å². The quantitative estimate of drug-likeness (QED) is 0.450. The molecule has 0 aliphatic carbocycles. The van der Waals surface area contributed by atoms with Gasteiger partial charge in [0.1, 0.15) is 0 Å². The summed E-state index contributed by atoms with van der Waals surface area (Å²) >= 11 is 0. The molecule has 0 heterocycles. The number of rotatable bonds is 11. The van der Waals surface area contributed by atoms with Crippen LogP contribution in [0.3, 0.4) is 0 Å². The van der Waals surface area contributed by atoms with Gasteiger partial charge in [-0.2, -0.15) is 0 Å². The summed E-state index contributed by atoms with van der Waals surface area (Å²) in [7, 11) is -3.41. The van der Waals surface area contributed by atoms with Crippen molar-refractivity contribution in [1.29, 1.82) is 0 Å². The molecular weight excluding hydrogens is 226 g/mol. The summed E-state index contributed by atoms with van der Waals surface area (Å²) < 4.78 is 23.8. The number of carbonyl (C=O) groups excluding carboxylic acids is 1. The van der Waals surface area contributed by atoms with Crippen molar-refractivity contribution in [3.63, 3.8) is 0 Å². The van der Waals surface area contributed by atoms with Crippen molar-refractivity contribution < 1.29 is 13.2 Å². The van der Waals surface area contributed by atoms with E-state index in [1.807, 2.05) is 0 Å². The molecule has 0 aromatic carbocycles. The van der Waals surface area contributed by atoms with Crippen molar-refractivity contribution in [3.05, 3.63) is 0 Å². The summed E-state index contributed by atoms with van der Waals surface area (Å²) in [6, 6.07) is 0. The zero-order valence-electron chi connectivity index (χ0n) is 10.00. The molecule has 0 saturated heterocycles. The molecule has 0 aromatic rings. The minimum Gasteiger partial charge on any atom is -0.263 e. The second-order valence-corrected chi connectivity index (χ2v) is 5.84. The normalized spacial score (nSPS) is 11.3. The maximum absolute atomic E-state index is 11.0. The summed E-state index contributed by atoms with van der Waals surface area (Å²) in [6.07, 6.45) is 10.0. The van der Waals surface area contributed by atoms with Crippen LogP contribution in [0.1, 0.15) is 58.3 Å². The number of hydrogen-bond donors (Lipinski definition) is 1. The molecule has 16 heavy (non-hydrogen) atoms. The summed E-state index contributed by atoms with van der Waals surface area (Å²) in [5, 5.41) is 0. The molecule has 4 nitrogen and oxygen atoms in total. The van der Waals surface area contributed by atoms with E-state index in [0.717, 1.165) is 12.8 Å². The van der Waals surface area contributed by atoms with Crippen molar-refractivity contribution in [3.8, 4) is 0 Å². The number of amides is 1. The summed E-state index contributed by atoms with van der Waals surface area (Å²) in [5.41, 5.74) is 0. The first-order valence-corrected chi connectivity index (χ1v) is 7.64. The third-order valence-corrected chi connectivity index (χ3v) is 3.68. The van der Waals surface area contributed by atoms with Gasteiger partial charge in [0.05, 0.1) is 5.75 Å². The average molecular weight is 248 g/mol. The molecule has 0 unspecified atom stereocenters. The Morgan fingerprint density at radius 1 is 0.938 bits per heavy atom. The lowest BCUT2D eigenvalue weighted by Gasteiger charge is -2.02. The molecule has 0 aromatic heterocycles. The van der Waals surface area contributed by atoms with Gasteiger partial charge in [-0.1, -0.05) is 51.9 Å². The Hall–Kier alpha value is -0.580. The smallest absolute Gasteiger partial charge is 0.263 e. The second-order valence-electron chi connectivity index (χ2n) is 4.00. The zero-order chi connectivity index (χ0) is 12.3. The Labute approximate surface area is 98.9 Å². The first-order chi connectivity index (χ1) is 7.62. The molecule has 1 N–H and O–H groups in total. The zero-order valence-corrected chi connectivity index (χ0v) is 10.8. The van der Waals surface area contributed by atoms with Gasteiger partial charge in [0.15, 0.2) is 0 Å². The SMILES string of the molecule is CCCCCCCCCCS(=O)(=O)N[C]=O. The molecule has 0 bridgehead atoms. The summed E-state index contributed by atoms with van der Waals surface area (Å²) in [6.45, 7) is 2.18. The number of nitrogens with one attached hydrogen (secondary N) is 1. The van der Waals surface area contributed by atoms with Gasteiger partial charge in [-0.25, -0.2) is 13.1 Å². The van der Waals surface area contributed by atoms with Crippen LogP contribution >= 0.6 is 0 Å². The van der Waals surface area contributed by atoms with E-state index in [1.54, 1.807) is 4.72 Å². The molecular formula is C11H22NO3S. The third kappa shape index (κ3) is 9.96. The molecule has 0 spiro atoms. The molecule has 5 heteroatoms. The van der Waals surface area contributed by atoms with Crippen LogP contribution in [0, 0.1) is 0 Å². The molecule has 0 saturated carbocycles. The first kappa shape index (κ1) is 15.4. The molecule has 0 aliphatic heterocycles. The van der Waals surface area contributed by atoms with E-state index >= 15 is 0 Å². The van der Waals surface area contributed by atoms with Gasteiger partial charge >= 0.3 is 6.41 Å². The highest BCUT2D eigenvalue weighted by Crippen LogP contribution is 2.08. The van der Waals surface area contributed by atoms with E-state index in [1.165, 1.54) is 38.5 Å². The van der Waals surface area contributed by atoms with E-state index in [0.29, 0.717) is 6.42 Å². The predicted octanol–water partition coefficient (Wildman–Crippen LogP) is 2.11. The van der Waals surface area contributed by atoms with E-state index in [2.05, 4.69) is 6.92 Å². The fourth-order valence-electron chi connectivity index (χ4n) is 1.54. The van der Waals surface area contributed by atoms with Gasteiger partial charge in [-0.3, -0.25) is 4.79 Å². The Bertz CT molecular complexity index is 262. The highest BCUT2D eigenvalue weighted by atomic mass is 32.2. The predicted molar refractivity (Wildman–Crippen MR) is 65.2 cm³/mol. The van der Waals surface area contributed by atoms with Gasteiger partial charge in [-0.05, 0) is 6.42 Å². The molecule has 0 atom stereocenters. The Morgan fingerprint density at radius 2 is 1.44 bits per heavy atom. The van der Waals surface area contributed by atoms with Gasteiger partial charge in [0, 0.05) is 0 Å². The first-order valence-electron chi connectivity index (χ1n) is 5.99. The highest BCUT2D eigenvalue weighted by Gasteiger charge is 2.07. The van der Waals surface area contributed by atoms with Gasteiger partial charge in [0.2, 0.25) is 10.0 Å². The fraction of sp³-hybridized carbons (Fsp3) is 0.909. The monoisotopic (exact) mass is 248 g/mol. The Morgan fingerprint density at radius 3 is 1.94 bits per heavy atom. The lowest BCUT2D eigenvalue weighted by atomic mass is 10.1. The van der Waals surface area contributed by atoms with Gasteiger partial charge < -0.3 is 0 Å². The van der Waals surface area contributed by atoms with Crippen LogP contribution in [-0.2, 0) is 14.8 Å². The molecule has 1 radical (unpaired) electrons. The topological polar surface area (TPSA) is 63.2 Å². The average Bonchev–Trinajstić information content (AvgIpc) is 2.22. The fourth-order valence-corrected chi connectivity index (χ4v) is 2.35.